The lowest BCUT2D eigenvalue weighted by Crippen LogP contribution is -2.01. The molecule has 5 heterocycles. The van der Waals surface area contributed by atoms with Gasteiger partial charge in [0.05, 0.1) is 33.5 Å². The molecule has 7 heteroatoms. The van der Waals surface area contributed by atoms with Crippen molar-refractivity contribution in [2.24, 2.45) is 0 Å². The highest BCUT2D eigenvalue weighted by atomic mass is 15.3. The fraction of sp³-hybridized carbons (Fsp3) is 0. The summed E-state index contributed by atoms with van der Waals surface area (Å²) < 4.78 is 6.72. The maximum atomic E-state index is 5.21. The molecule has 0 aliphatic carbocycles. The first kappa shape index (κ1) is 34.6. The van der Waals surface area contributed by atoms with Crippen molar-refractivity contribution in [3.8, 4) is 62.6 Å². The number of benzene rings is 7. The summed E-state index contributed by atoms with van der Waals surface area (Å²) in [5.41, 5.74) is 11.2. The molecule has 0 spiro atoms. The van der Waals surface area contributed by atoms with E-state index in [9.17, 15) is 0 Å². The molecule has 7 nitrogen and oxygen atoms in total. The van der Waals surface area contributed by atoms with E-state index >= 15 is 0 Å². The van der Waals surface area contributed by atoms with Crippen molar-refractivity contribution >= 4 is 43.6 Å². The maximum absolute atomic E-state index is 5.21. The summed E-state index contributed by atoms with van der Waals surface area (Å²) in [4.78, 5) is 10.4. The molecule has 0 bridgehead atoms. The van der Waals surface area contributed by atoms with Gasteiger partial charge >= 0.3 is 0 Å². The van der Waals surface area contributed by atoms with Gasteiger partial charge < -0.3 is 0 Å². The standard InChI is InChI=1S/C54H35N7/c1-4-17-36(18-5-1)44-26-15-31-50(55-44)60-46-28-12-10-23-40(46)43-35-38(33-34-48(43)60)53-57-58-54(59(53)39-21-8-3-9-22-39)42-25-14-30-49-52(42)41-24-11-13-29-47(41)61(49)51-32-16-27-45(56-51)37-19-6-2-7-20-37/h1-35H. The second-order valence-electron chi connectivity index (χ2n) is 15.1. The summed E-state index contributed by atoms with van der Waals surface area (Å²) >= 11 is 0. The highest BCUT2D eigenvalue weighted by Crippen LogP contribution is 2.41. The molecule has 7 aromatic carbocycles. The van der Waals surface area contributed by atoms with Crippen LogP contribution in [0.1, 0.15) is 0 Å². The van der Waals surface area contributed by atoms with Gasteiger partial charge in [-0.2, -0.15) is 0 Å². The molecule has 0 unspecified atom stereocenters. The van der Waals surface area contributed by atoms with Gasteiger partial charge in [-0.15, -0.1) is 10.2 Å². The lowest BCUT2D eigenvalue weighted by atomic mass is 10.0. The van der Waals surface area contributed by atoms with E-state index in [4.69, 9.17) is 20.2 Å². The van der Waals surface area contributed by atoms with Crippen LogP contribution >= 0.6 is 0 Å². The molecular weight excluding hydrogens is 747 g/mol. The fourth-order valence-electron chi connectivity index (χ4n) is 8.91. The normalized spacial score (nSPS) is 11.6. The molecular formula is C54H35N7. The minimum atomic E-state index is 0.752. The number of aromatic nitrogens is 7. The summed E-state index contributed by atoms with van der Waals surface area (Å²) in [7, 11) is 0. The lowest BCUT2D eigenvalue weighted by molar-refractivity contribution is 1.07. The zero-order valence-electron chi connectivity index (χ0n) is 32.8. The Morgan fingerprint density at radius 2 is 0.820 bits per heavy atom. The molecule has 5 aromatic heterocycles. The smallest absolute Gasteiger partial charge is 0.169 e. The summed E-state index contributed by atoms with van der Waals surface area (Å²) in [6.45, 7) is 0. The quantitative estimate of drug-likeness (QED) is 0.161. The van der Waals surface area contributed by atoms with Gasteiger partial charge in [0.1, 0.15) is 11.6 Å². The second-order valence-corrected chi connectivity index (χ2v) is 15.1. The van der Waals surface area contributed by atoms with Crippen LogP contribution in [0, 0.1) is 0 Å². The molecule has 286 valence electrons. The Labute approximate surface area is 351 Å². The van der Waals surface area contributed by atoms with E-state index in [1.807, 2.05) is 42.5 Å². The third-order valence-electron chi connectivity index (χ3n) is 11.6. The molecule has 0 aliphatic rings. The van der Waals surface area contributed by atoms with Gasteiger partial charge in [-0.1, -0.05) is 140 Å². The summed E-state index contributed by atoms with van der Waals surface area (Å²) in [6.07, 6.45) is 0. The monoisotopic (exact) mass is 781 g/mol. The van der Waals surface area contributed by atoms with E-state index in [2.05, 4.69) is 184 Å². The third-order valence-corrected chi connectivity index (χ3v) is 11.6. The zero-order chi connectivity index (χ0) is 40.3. The molecule has 0 saturated heterocycles. The molecule has 0 saturated carbocycles. The Hall–Kier alpha value is -8.42. The average molecular weight is 782 g/mol. The van der Waals surface area contributed by atoms with Crippen LogP contribution in [-0.2, 0) is 0 Å². The van der Waals surface area contributed by atoms with Gasteiger partial charge in [0.25, 0.3) is 0 Å². The van der Waals surface area contributed by atoms with Crippen LogP contribution in [0.2, 0.25) is 0 Å². The molecule has 61 heavy (non-hydrogen) atoms. The fourth-order valence-corrected chi connectivity index (χ4v) is 8.91. The van der Waals surface area contributed by atoms with Crippen molar-refractivity contribution in [2.45, 2.75) is 0 Å². The minimum Gasteiger partial charge on any atom is -0.294 e. The van der Waals surface area contributed by atoms with Gasteiger partial charge in [-0.25, -0.2) is 9.97 Å². The molecule has 0 radical (unpaired) electrons. The molecule has 0 fully saturated rings. The van der Waals surface area contributed by atoms with E-state index in [0.29, 0.717) is 0 Å². The van der Waals surface area contributed by atoms with Crippen LogP contribution < -0.4 is 0 Å². The van der Waals surface area contributed by atoms with Crippen LogP contribution in [0.15, 0.2) is 212 Å². The number of hydrogen-bond acceptors (Lipinski definition) is 4. The van der Waals surface area contributed by atoms with Crippen LogP contribution in [0.3, 0.4) is 0 Å². The van der Waals surface area contributed by atoms with Crippen molar-refractivity contribution in [3.63, 3.8) is 0 Å². The topological polar surface area (TPSA) is 66.3 Å². The van der Waals surface area contributed by atoms with E-state index in [1.54, 1.807) is 0 Å². The first-order valence-corrected chi connectivity index (χ1v) is 20.4. The first-order chi connectivity index (χ1) is 30.3. The summed E-state index contributed by atoms with van der Waals surface area (Å²) in [6, 6.07) is 73.7. The van der Waals surface area contributed by atoms with E-state index in [0.717, 1.165) is 106 Å². The van der Waals surface area contributed by atoms with Gasteiger partial charge in [-0.3, -0.25) is 13.7 Å². The maximum Gasteiger partial charge on any atom is 0.169 e. The van der Waals surface area contributed by atoms with Crippen molar-refractivity contribution in [3.05, 3.63) is 212 Å². The van der Waals surface area contributed by atoms with Crippen LogP contribution in [0.5, 0.6) is 0 Å². The second kappa shape index (κ2) is 14.1. The molecule has 0 amide bonds. The third kappa shape index (κ3) is 5.67. The predicted octanol–water partition coefficient (Wildman–Crippen LogP) is 12.9. The summed E-state index contributed by atoms with van der Waals surface area (Å²) in [5, 5.41) is 14.5. The van der Waals surface area contributed by atoms with Gasteiger partial charge in [-0.05, 0) is 72.8 Å². The Kier molecular flexibility index (Phi) is 8.03. The van der Waals surface area contributed by atoms with Gasteiger partial charge in [0.15, 0.2) is 11.6 Å². The Morgan fingerprint density at radius 1 is 0.311 bits per heavy atom. The predicted molar refractivity (Wildman–Crippen MR) is 247 cm³/mol. The van der Waals surface area contributed by atoms with Gasteiger partial charge in [0.2, 0.25) is 0 Å². The van der Waals surface area contributed by atoms with E-state index < -0.39 is 0 Å². The number of hydrogen-bond donors (Lipinski definition) is 0. The van der Waals surface area contributed by atoms with Crippen molar-refractivity contribution in [1.29, 1.82) is 0 Å². The number of rotatable bonds is 7. The zero-order valence-corrected chi connectivity index (χ0v) is 32.8. The molecule has 0 atom stereocenters. The molecule has 12 rings (SSSR count). The first-order valence-electron chi connectivity index (χ1n) is 20.4. The Morgan fingerprint density at radius 3 is 1.49 bits per heavy atom. The molecule has 0 aliphatic heterocycles. The summed E-state index contributed by atoms with van der Waals surface area (Å²) in [5.74, 6) is 3.22. The van der Waals surface area contributed by atoms with Crippen molar-refractivity contribution < 1.29 is 0 Å². The van der Waals surface area contributed by atoms with Gasteiger partial charge in [0, 0.05) is 49.5 Å². The number of para-hydroxylation sites is 3. The lowest BCUT2D eigenvalue weighted by Gasteiger charge is -2.13. The number of nitrogens with zero attached hydrogens (tertiary/aromatic N) is 7. The van der Waals surface area contributed by atoms with E-state index in [1.165, 1.54) is 0 Å². The van der Waals surface area contributed by atoms with Crippen LogP contribution in [0.25, 0.3) is 106 Å². The van der Waals surface area contributed by atoms with Crippen molar-refractivity contribution in [2.75, 3.05) is 0 Å². The average Bonchev–Trinajstić information content (AvgIpc) is 4.03. The SMILES string of the molecule is c1ccc(-c2cccc(-n3c4ccccc4c4cc(-c5nnc(-c6cccc7c6c6ccccc6n7-c6cccc(-c7ccccc7)n6)n5-c5ccccc5)ccc43)n2)cc1. The van der Waals surface area contributed by atoms with E-state index in [-0.39, 0.29) is 0 Å². The van der Waals surface area contributed by atoms with Crippen molar-refractivity contribution in [1.82, 2.24) is 33.9 Å². The molecule has 0 N–H and O–H groups in total. The largest absolute Gasteiger partial charge is 0.294 e. The Balaban J connectivity index is 1.05. The number of pyridine rings is 2. The highest BCUT2D eigenvalue weighted by molar-refractivity contribution is 6.15. The number of fused-ring (bicyclic) bond motifs is 6. The minimum absolute atomic E-state index is 0.752. The van der Waals surface area contributed by atoms with Crippen LogP contribution in [0.4, 0.5) is 0 Å². The Bertz CT molecular complexity index is 3580. The molecule has 12 aromatic rings. The highest BCUT2D eigenvalue weighted by Gasteiger charge is 2.24. The van der Waals surface area contributed by atoms with Crippen LogP contribution in [-0.4, -0.2) is 33.9 Å².